The summed E-state index contributed by atoms with van der Waals surface area (Å²) in [5.74, 6) is 0.473. The number of nitrogens with zero attached hydrogens (tertiary/aromatic N) is 1. The molecule has 0 saturated carbocycles. The first-order chi connectivity index (χ1) is 12.1. The zero-order chi connectivity index (χ0) is 17.6. The summed E-state index contributed by atoms with van der Waals surface area (Å²) in [7, 11) is 0. The summed E-state index contributed by atoms with van der Waals surface area (Å²) < 4.78 is 5.79. The maximum absolute atomic E-state index is 12.2. The van der Waals surface area contributed by atoms with Crippen LogP contribution in [0.2, 0.25) is 0 Å². The van der Waals surface area contributed by atoms with Gasteiger partial charge >= 0.3 is 0 Å². The molecule has 6 nitrogen and oxygen atoms in total. The van der Waals surface area contributed by atoms with Crippen molar-refractivity contribution in [1.29, 1.82) is 0 Å². The molecule has 3 rings (SSSR count). The van der Waals surface area contributed by atoms with Gasteiger partial charge in [0.05, 0.1) is 5.69 Å². The van der Waals surface area contributed by atoms with Gasteiger partial charge in [0.25, 0.3) is 0 Å². The fourth-order valence-corrected chi connectivity index (χ4v) is 2.57. The summed E-state index contributed by atoms with van der Waals surface area (Å²) in [6.07, 6.45) is 0.513. The minimum atomic E-state index is -0.281. The standard InChI is InChI=1S/C19H18N2O4/c22-17(12-13-21-18(23)10-11-19(21)24)20-15-8-4-5-9-16(15)25-14-6-2-1-3-7-14/h1-9H,10-13H2,(H,20,22). The van der Waals surface area contributed by atoms with Crippen LogP contribution >= 0.6 is 0 Å². The van der Waals surface area contributed by atoms with Crippen LogP contribution in [0.1, 0.15) is 19.3 Å². The van der Waals surface area contributed by atoms with Gasteiger partial charge in [-0.3, -0.25) is 19.3 Å². The molecule has 1 N–H and O–H groups in total. The Morgan fingerprint density at radius 2 is 1.60 bits per heavy atom. The zero-order valence-corrected chi connectivity index (χ0v) is 13.6. The largest absolute Gasteiger partial charge is 0.455 e. The molecule has 6 heteroatoms. The molecule has 25 heavy (non-hydrogen) atoms. The van der Waals surface area contributed by atoms with Crippen LogP contribution in [-0.4, -0.2) is 29.2 Å². The highest BCUT2D eigenvalue weighted by atomic mass is 16.5. The Morgan fingerprint density at radius 3 is 2.32 bits per heavy atom. The van der Waals surface area contributed by atoms with E-state index < -0.39 is 0 Å². The molecular weight excluding hydrogens is 320 g/mol. The van der Waals surface area contributed by atoms with Gasteiger partial charge in [-0.1, -0.05) is 30.3 Å². The van der Waals surface area contributed by atoms with Gasteiger partial charge < -0.3 is 10.1 Å². The summed E-state index contributed by atoms with van der Waals surface area (Å²) >= 11 is 0. The average molecular weight is 338 g/mol. The third-order valence-corrected chi connectivity index (χ3v) is 3.85. The lowest BCUT2D eigenvalue weighted by Gasteiger charge is -2.15. The molecule has 1 saturated heterocycles. The molecule has 0 bridgehead atoms. The Bertz CT molecular complexity index is 773. The number of hydrogen-bond donors (Lipinski definition) is 1. The molecule has 1 aliphatic heterocycles. The maximum Gasteiger partial charge on any atom is 0.229 e. The number of amides is 3. The number of benzene rings is 2. The zero-order valence-electron chi connectivity index (χ0n) is 13.6. The van der Waals surface area contributed by atoms with Crippen LogP contribution in [0.4, 0.5) is 5.69 Å². The molecule has 0 aromatic heterocycles. The van der Waals surface area contributed by atoms with E-state index in [1.807, 2.05) is 36.4 Å². The van der Waals surface area contributed by atoms with Gasteiger partial charge in [0, 0.05) is 25.8 Å². The highest BCUT2D eigenvalue weighted by molar-refractivity contribution is 6.02. The smallest absolute Gasteiger partial charge is 0.229 e. The number of ether oxygens (including phenoxy) is 1. The number of likely N-dealkylation sites (tertiary alicyclic amines) is 1. The fraction of sp³-hybridized carbons (Fsp3) is 0.211. The van der Waals surface area contributed by atoms with E-state index >= 15 is 0 Å². The first-order valence-electron chi connectivity index (χ1n) is 8.08. The molecular formula is C19H18N2O4. The van der Waals surface area contributed by atoms with Gasteiger partial charge in [0.1, 0.15) is 5.75 Å². The minimum absolute atomic E-state index is 0.0527. The van der Waals surface area contributed by atoms with E-state index in [1.54, 1.807) is 18.2 Å². The van der Waals surface area contributed by atoms with E-state index in [1.165, 1.54) is 0 Å². The summed E-state index contributed by atoms with van der Waals surface area (Å²) in [5.41, 5.74) is 0.537. The van der Waals surface area contributed by atoms with E-state index in [-0.39, 0.29) is 43.5 Å². The number of rotatable bonds is 6. The van der Waals surface area contributed by atoms with Gasteiger partial charge in [-0.2, -0.15) is 0 Å². The Hall–Kier alpha value is -3.15. The maximum atomic E-state index is 12.2. The molecule has 1 heterocycles. The number of carbonyl (C=O) groups is 3. The van der Waals surface area contributed by atoms with Gasteiger partial charge in [-0.25, -0.2) is 0 Å². The first kappa shape index (κ1) is 16.7. The van der Waals surface area contributed by atoms with Crippen LogP contribution in [0.3, 0.4) is 0 Å². The quantitative estimate of drug-likeness (QED) is 0.822. The van der Waals surface area contributed by atoms with Gasteiger partial charge in [-0.15, -0.1) is 0 Å². The lowest BCUT2D eigenvalue weighted by Crippen LogP contribution is -2.32. The molecule has 0 spiro atoms. The van der Waals surface area contributed by atoms with Gasteiger partial charge in [-0.05, 0) is 24.3 Å². The highest BCUT2D eigenvalue weighted by Crippen LogP contribution is 2.29. The number of anilines is 1. The predicted octanol–water partition coefficient (Wildman–Crippen LogP) is 2.96. The van der Waals surface area contributed by atoms with Crippen LogP contribution in [0.15, 0.2) is 54.6 Å². The minimum Gasteiger partial charge on any atom is -0.455 e. The van der Waals surface area contributed by atoms with E-state index in [9.17, 15) is 14.4 Å². The first-order valence-corrected chi connectivity index (χ1v) is 8.08. The third kappa shape index (κ3) is 4.23. The van der Waals surface area contributed by atoms with Crippen molar-refractivity contribution in [2.75, 3.05) is 11.9 Å². The average Bonchev–Trinajstić information content (AvgIpc) is 2.94. The molecule has 0 aliphatic carbocycles. The van der Waals surface area contributed by atoms with Crippen LogP contribution in [0.25, 0.3) is 0 Å². The number of hydrogen-bond acceptors (Lipinski definition) is 4. The SMILES string of the molecule is O=C(CCN1C(=O)CCC1=O)Nc1ccccc1Oc1ccccc1. The highest BCUT2D eigenvalue weighted by Gasteiger charge is 2.28. The van der Waals surface area contributed by atoms with Crippen LogP contribution in [-0.2, 0) is 14.4 Å². The Balaban J connectivity index is 1.61. The molecule has 0 radical (unpaired) electrons. The topological polar surface area (TPSA) is 75.7 Å². The van der Waals surface area contributed by atoms with Crippen LogP contribution in [0, 0.1) is 0 Å². The summed E-state index contributed by atoms with van der Waals surface area (Å²) in [6.45, 7) is 0.102. The molecule has 1 fully saturated rings. The van der Waals surface area contributed by atoms with E-state index in [2.05, 4.69) is 5.32 Å². The summed E-state index contributed by atoms with van der Waals surface area (Å²) in [6, 6.07) is 16.4. The lowest BCUT2D eigenvalue weighted by molar-refractivity contribution is -0.138. The Kier molecular flexibility index (Phi) is 5.09. The van der Waals surface area contributed by atoms with E-state index in [4.69, 9.17) is 4.74 Å². The molecule has 3 amide bonds. The second-order valence-corrected chi connectivity index (χ2v) is 5.65. The molecule has 1 aliphatic rings. The Labute approximate surface area is 145 Å². The fourth-order valence-electron chi connectivity index (χ4n) is 2.57. The second kappa shape index (κ2) is 7.61. The van der Waals surface area contributed by atoms with Crippen molar-refractivity contribution in [2.45, 2.75) is 19.3 Å². The predicted molar refractivity (Wildman–Crippen MR) is 92.2 cm³/mol. The Morgan fingerprint density at radius 1 is 0.960 bits per heavy atom. The van der Waals surface area contributed by atoms with Crippen LogP contribution < -0.4 is 10.1 Å². The number of para-hydroxylation sites is 3. The summed E-state index contributed by atoms with van der Waals surface area (Å²) in [5, 5.41) is 2.77. The number of carbonyl (C=O) groups excluding carboxylic acids is 3. The van der Waals surface area contributed by atoms with Crippen molar-refractivity contribution in [3.8, 4) is 11.5 Å². The van der Waals surface area contributed by atoms with Crippen molar-refractivity contribution < 1.29 is 19.1 Å². The van der Waals surface area contributed by atoms with E-state index in [0.717, 1.165) is 4.90 Å². The molecule has 0 unspecified atom stereocenters. The summed E-state index contributed by atoms with van der Waals surface area (Å²) in [4.78, 5) is 36.4. The van der Waals surface area contributed by atoms with Crippen molar-refractivity contribution in [2.24, 2.45) is 0 Å². The van der Waals surface area contributed by atoms with Crippen molar-refractivity contribution in [1.82, 2.24) is 4.90 Å². The lowest BCUT2D eigenvalue weighted by atomic mass is 10.2. The molecule has 0 atom stereocenters. The van der Waals surface area contributed by atoms with Gasteiger partial charge in [0.2, 0.25) is 17.7 Å². The monoisotopic (exact) mass is 338 g/mol. The van der Waals surface area contributed by atoms with Crippen molar-refractivity contribution in [3.05, 3.63) is 54.6 Å². The van der Waals surface area contributed by atoms with E-state index in [0.29, 0.717) is 17.2 Å². The number of imide groups is 1. The molecule has 2 aromatic carbocycles. The van der Waals surface area contributed by atoms with Crippen molar-refractivity contribution in [3.63, 3.8) is 0 Å². The van der Waals surface area contributed by atoms with Gasteiger partial charge in [0.15, 0.2) is 5.75 Å². The van der Waals surface area contributed by atoms with Crippen molar-refractivity contribution >= 4 is 23.4 Å². The molecule has 2 aromatic rings. The normalized spacial score (nSPS) is 13.8. The third-order valence-electron chi connectivity index (χ3n) is 3.85. The number of nitrogens with one attached hydrogen (secondary N) is 1. The second-order valence-electron chi connectivity index (χ2n) is 5.65. The van der Waals surface area contributed by atoms with Crippen LogP contribution in [0.5, 0.6) is 11.5 Å². The molecule has 128 valence electrons.